The number of carbonyl (C=O) groups is 1. The maximum atomic E-state index is 12.4. The minimum atomic E-state index is -0.0532. The molecule has 0 N–H and O–H groups in total. The molecule has 1 aromatic heterocycles. The van der Waals surface area contributed by atoms with Crippen molar-refractivity contribution < 1.29 is 9.21 Å². The second-order valence-electron chi connectivity index (χ2n) is 4.65. The van der Waals surface area contributed by atoms with E-state index < -0.39 is 0 Å². The largest absolute Gasteiger partial charge is 0.456 e. The molecule has 19 heavy (non-hydrogen) atoms. The highest BCUT2D eigenvalue weighted by Gasteiger charge is 2.18. The number of hydrogen-bond donors (Lipinski definition) is 0. The van der Waals surface area contributed by atoms with Gasteiger partial charge in [0.1, 0.15) is 5.76 Å². The van der Waals surface area contributed by atoms with Crippen molar-refractivity contribution in [2.45, 2.75) is 27.3 Å². The Hall–Kier alpha value is -2.03. The van der Waals surface area contributed by atoms with E-state index in [1.165, 1.54) is 0 Å². The van der Waals surface area contributed by atoms with Crippen LogP contribution in [0.15, 0.2) is 40.8 Å². The minimum Gasteiger partial charge on any atom is -0.456 e. The van der Waals surface area contributed by atoms with E-state index in [4.69, 9.17) is 4.42 Å². The number of amides is 1. The van der Waals surface area contributed by atoms with Gasteiger partial charge in [-0.3, -0.25) is 4.79 Å². The monoisotopic (exact) mass is 257 g/mol. The second kappa shape index (κ2) is 5.74. The highest BCUT2D eigenvalue weighted by Crippen LogP contribution is 2.16. The Morgan fingerprint density at radius 2 is 1.89 bits per heavy atom. The van der Waals surface area contributed by atoms with Gasteiger partial charge in [-0.05, 0) is 38.0 Å². The first-order valence-corrected chi connectivity index (χ1v) is 6.52. The smallest absolute Gasteiger partial charge is 0.289 e. The molecule has 1 heterocycles. The standard InChI is InChI=1S/C16H19NO2/c1-4-17(11-14-8-6-5-7-9-14)16(18)15-10-12(2)13(3)19-15/h5-10H,4,11H2,1-3H3. The molecule has 0 spiro atoms. The molecule has 0 aliphatic heterocycles. The van der Waals surface area contributed by atoms with E-state index in [0.29, 0.717) is 18.8 Å². The van der Waals surface area contributed by atoms with Crippen LogP contribution < -0.4 is 0 Å². The Morgan fingerprint density at radius 1 is 1.21 bits per heavy atom. The SMILES string of the molecule is CCN(Cc1ccccc1)C(=O)c1cc(C)c(C)o1. The van der Waals surface area contributed by atoms with Crippen molar-refractivity contribution in [2.24, 2.45) is 0 Å². The third-order valence-corrected chi connectivity index (χ3v) is 3.26. The molecular formula is C16H19NO2. The van der Waals surface area contributed by atoms with Gasteiger partial charge in [-0.1, -0.05) is 30.3 Å². The molecule has 0 aliphatic rings. The van der Waals surface area contributed by atoms with Gasteiger partial charge in [0.15, 0.2) is 5.76 Å². The van der Waals surface area contributed by atoms with E-state index in [0.717, 1.165) is 16.9 Å². The van der Waals surface area contributed by atoms with E-state index in [-0.39, 0.29) is 5.91 Å². The Bertz CT molecular complexity index is 538. The van der Waals surface area contributed by atoms with Gasteiger partial charge < -0.3 is 9.32 Å². The fraction of sp³-hybridized carbons (Fsp3) is 0.312. The number of carbonyl (C=O) groups excluding carboxylic acids is 1. The van der Waals surface area contributed by atoms with E-state index in [9.17, 15) is 4.79 Å². The summed E-state index contributed by atoms with van der Waals surface area (Å²) < 4.78 is 5.51. The van der Waals surface area contributed by atoms with Crippen LogP contribution in [0.2, 0.25) is 0 Å². The summed E-state index contributed by atoms with van der Waals surface area (Å²) in [6.07, 6.45) is 0. The van der Waals surface area contributed by atoms with Crippen molar-refractivity contribution in [3.8, 4) is 0 Å². The summed E-state index contributed by atoms with van der Waals surface area (Å²) in [6.45, 7) is 7.06. The van der Waals surface area contributed by atoms with Crippen molar-refractivity contribution in [3.05, 3.63) is 59.0 Å². The molecule has 2 aromatic rings. The lowest BCUT2D eigenvalue weighted by Gasteiger charge is -2.19. The molecular weight excluding hydrogens is 238 g/mol. The molecule has 0 radical (unpaired) electrons. The number of benzene rings is 1. The van der Waals surface area contributed by atoms with E-state index in [2.05, 4.69) is 0 Å². The zero-order valence-electron chi connectivity index (χ0n) is 11.6. The van der Waals surface area contributed by atoms with Crippen molar-refractivity contribution in [1.29, 1.82) is 0 Å². The predicted molar refractivity (Wildman–Crippen MR) is 75.0 cm³/mol. The van der Waals surface area contributed by atoms with Crippen LogP contribution in [0.1, 0.15) is 34.4 Å². The predicted octanol–water partition coefficient (Wildman–Crippen LogP) is 3.56. The second-order valence-corrected chi connectivity index (χ2v) is 4.65. The van der Waals surface area contributed by atoms with Crippen LogP contribution in [0.3, 0.4) is 0 Å². The van der Waals surface area contributed by atoms with Crippen molar-refractivity contribution >= 4 is 5.91 Å². The normalized spacial score (nSPS) is 10.5. The summed E-state index contributed by atoms with van der Waals surface area (Å²) in [7, 11) is 0. The first kappa shape index (κ1) is 13.4. The highest BCUT2D eigenvalue weighted by molar-refractivity contribution is 5.91. The fourth-order valence-corrected chi connectivity index (χ4v) is 1.97. The Balaban J connectivity index is 2.15. The lowest BCUT2D eigenvalue weighted by atomic mass is 10.2. The minimum absolute atomic E-state index is 0.0532. The van der Waals surface area contributed by atoms with Crippen molar-refractivity contribution in [2.75, 3.05) is 6.54 Å². The Morgan fingerprint density at radius 3 is 2.42 bits per heavy atom. The molecule has 0 aliphatic carbocycles. The average Bonchev–Trinajstić information content (AvgIpc) is 2.76. The quantitative estimate of drug-likeness (QED) is 0.839. The van der Waals surface area contributed by atoms with Gasteiger partial charge in [0.25, 0.3) is 5.91 Å². The maximum absolute atomic E-state index is 12.4. The van der Waals surface area contributed by atoms with Crippen LogP contribution in [0.4, 0.5) is 0 Å². The van der Waals surface area contributed by atoms with Crippen LogP contribution in [0.25, 0.3) is 0 Å². The van der Waals surface area contributed by atoms with E-state index >= 15 is 0 Å². The molecule has 0 saturated heterocycles. The van der Waals surface area contributed by atoms with Gasteiger partial charge in [-0.15, -0.1) is 0 Å². The summed E-state index contributed by atoms with van der Waals surface area (Å²) in [5.41, 5.74) is 2.14. The van der Waals surface area contributed by atoms with E-state index in [1.807, 2.05) is 57.2 Å². The molecule has 3 nitrogen and oxygen atoms in total. The third kappa shape index (κ3) is 3.05. The van der Waals surface area contributed by atoms with Gasteiger partial charge in [0.2, 0.25) is 0 Å². The molecule has 0 atom stereocenters. The summed E-state index contributed by atoms with van der Waals surface area (Å²) in [5, 5.41) is 0. The lowest BCUT2D eigenvalue weighted by molar-refractivity contribution is 0.0719. The van der Waals surface area contributed by atoms with Gasteiger partial charge >= 0.3 is 0 Å². The summed E-state index contributed by atoms with van der Waals surface area (Å²) in [6, 6.07) is 11.8. The molecule has 100 valence electrons. The van der Waals surface area contributed by atoms with Crippen molar-refractivity contribution in [3.63, 3.8) is 0 Å². The summed E-state index contributed by atoms with van der Waals surface area (Å²) >= 11 is 0. The third-order valence-electron chi connectivity index (χ3n) is 3.26. The van der Waals surface area contributed by atoms with Gasteiger partial charge in [0, 0.05) is 13.1 Å². The molecule has 0 bridgehead atoms. The van der Waals surface area contributed by atoms with Crippen LogP contribution in [0.5, 0.6) is 0 Å². The Kier molecular flexibility index (Phi) is 4.05. The summed E-state index contributed by atoms with van der Waals surface area (Å²) in [4.78, 5) is 14.2. The zero-order chi connectivity index (χ0) is 13.8. The molecule has 2 rings (SSSR count). The van der Waals surface area contributed by atoms with Crippen LogP contribution >= 0.6 is 0 Å². The number of aryl methyl sites for hydroxylation is 2. The number of nitrogens with zero attached hydrogens (tertiary/aromatic N) is 1. The fourth-order valence-electron chi connectivity index (χ4n) is 1.97. The molecule has 1 aromatic carbocycles. The van der Waals surface area contributed by atoms with Crippen molar-refractivity contribution in [1.82, 2.24) is 4.90 Å². The molecule has 0 unspecified atom stereocenters. The van der Waals surface area contributed by atoms with Crippen LogP contribution in [-0.4, -0.2) is 17.4 Å². The zero-order valence-corrected chi connectivity index (χ0v) is 11.6. The number of rotatable bonds is 4. The Labute approximate surface area is 113 Å². The lowest BCUT2D eigenvalue weighted by Crippen LogP contribution is -2.29. The summed E-state index contributed by atoms with van der Waals surface area (Å²) in [5.74, 6) is 1.18. The molecule has 1 amide bonds. The molecule has 3 heteroatoms. The van der Waals surface area contributed by atoms with Crippen LogP contribution in [0, 0.1) is 13.8 Å². The first-order valence-electron chi connectivity index (χ1n) is 6.52. The highest BCUT2D eigenvalue weighted by atomic mass is 16.4. The van der Waals surface area contributed by atoms with E-state index in [1.54, 1.807) is 4.90 Å². The maximum Gasteiger partial charge on any atom is 0.289 e. The first-order chi connectivity index (χ1) is 9.11. The average molecular weight is 257 g/mol. The number of hydrogen-bond acceptors (Lipinski definition) is 2. The number of furan rings is 1. The van der Waals surface area contributed by atoms with Crippen LogP contribution in [-0.2, 0) is 6.54 Å². The van der Waals surface area contributed by atoms with Gasteiger partial charge in [-0.2, -0.15) is 0 Å². The van der Waals surface area contributed by atoms with Gasteiger partial charge in [-0.25, -0.2) is 0 Å². The molecule has 0 fully saturated rings. The van der Waals surface area contributed by atoms with Gasteiger partial charge in [0.05, 0.1) is 0 Å². The molecule has 0 saturated carbocycles. The topological polar surface area (TPSA) is 33.5 Å².